The smallest absolute Gasteiger partial charge is 0.193 e. The van der Waals surface area contributed by atoms with Crippen molar-refractivity contribution in [2.75, 3.05) is 12.4 Å². The van der Waals surface area contributed by atoms with Gasteiger partial charge >= 0.3 is 0 Å². The lowest BCUT2D eigenvalue weighted by molar-refractivity contribution is 0.929. The van der Waals surface area contributed by atoms with Gasteiger partial charge in [0.15, 0.2) is 5.16 Å². The number of aryl methyl sites for hydroxylation is 2. The summed E-state index contributed by atoms with van der Waals surface area (Å²) in [6.45, 7) is 3.82. The van der Waals surface area contributed by atoms with E-state index in [1.807, 2.05) is 27.0 Å². The lowest BCUT2D eigenvalue weighted by atomic mass is 10.4. The fourth-order valence-corrected chi connectivity index (χ4v) is 1.99. The van der Waals surface area contributed by atoms with Crippen molar-refractivity contribution >= 4 is 17.6 Å². The molecule has 5 nitrogen and oxygen atoms in total. The minimum Gasteiger partial charge on any atom is -0.373 e. The van der Waals surface area contributed by atoms with E-state index in [0.29, 0.717) is 5.16 Å². The van der Waals surface area contributed by atoms with Crippen molar-refractivity contribution in [1.29, 1.82) is 0 Å². The molecule has 2 aromatic rings. The molecule has 88 valence electrons. The van der Waals surface area contributed by atoms with E-state index < -0.39 is 0 Å². The molecule has 0 aliphatic carbocycles. The molecule has 0 saturated carbocycles. The maximum absolute atomic E-state index is 4.33. The average Bonchev–Trinajstić information content (AvgIpc) is 2.31. The van der Waals surface area contributed by atoms with E-state index in [-0.39, 0.29) is 0 Å². The van der Waals surface area contributed by atoms with Crippen LogP contribution in [0.4, 0.5) is 5.82 Å². The van der Waals surface area contributed by atoms with Crippen molar-refractivity contribution in [2.24, 2.45) is 0 Å². The van der Waals surface area contributed by atoms with Gasteiger partial charge < -0.3 is 5.32 Å². The molecule has 0 amide bonds. The van der Waals surface area contributed by atoms with Gasteiger partial charge in [0.1, 0.15) is 16.7 Å². The molecule has 2 aromatic heterocycles. The lowest BCUT2D eigenvalue weighted by Gasteiger charge is -2.04. The molecule has 2 heterocycles. The first-order valence-electron chi connectivity index (χ1n) is 5.17. The van der Waals surface area contributed by atoms with Gasteiger partial charge in [-0.05, 0) is 31.2 Å². The molecule has 2 rings (SSSR count). The fourth-order valence-electron chi connectivity index (χ4n) is 1.25. The third-order valence-corrected chi connectivity index (χ3v) is 2.84. The first-order valence-corrected chi connectivity index (χ1v) is 5.99. The van der Waals surface area contributed by atoms with Crippen LogP contribution >= 0.6 is 11.8 Å². The predicted octanol–water partition coefficient (Wildman–Crippen LogP) is 2.08. The number of aromatic nitrogens is 4. The number of hydrogen-bond acceptors (Lipinski definition) is 6. The minimum atomic E-state index is 0.691. The molecule has 0 spiro atoms. The van der Waals surface area contributed by atoms with Crippen LogP contribution in [-0.2, 0) is 0 Å². The maximum atomic E-state index is 4.33. The highest BCUT2D eigenvalue weighted by Crippen LogP contribution is 2.23. The second kappa shape index (κ2) is 5.09. The van der Waals surface area contributed by atoms with E-state index in [1.165, 1.54) is 11.8 Å². The van der Waals surface area contributed by atoms with Crippen molar-refractivity contribution in [1.82, 2.24) is 19.9 Å². The first kappa shape index (κ1) is 11.8. The topological polar surface area (TPSA) is 63.6 Å². The molecule has 0 aliphatic rings. The van der Waals surface area contributed by atoms with Crippen molar-refractivity contribution in [3.63, 3.8) is 0 Å². The molecule has 0 unspecified atom stereocenters. The van der Waals surface area contributed by atoms with E-state index in [1.54, 1.807) is 12.4 Å². The van der Waals surface area contributed by atoms with Gasteiger partial charge in [0, 0.05) is 25.5 Å². The van der Waals surface area contributed by atoms with E-state index in [9.17, 15) is 0 Å². The molecule has 0 radical (unpaired) electrons. The summed E-state index contributed by atoms with van der Waals surface area (Å²) in [6.07, 6.45) is 3.59. The van der Waals surface area contributed by atoms with Crippen LogP contribution < -0.4 is 5.32 Å². The highest BCUT2D eigenvalue weighted by Gasteiger charge is 2.04. The zero-order valence-corrected chi connectivity index (χ0v) is 10.7. The Morgan fingerprint density at radius 2 is 1.82 bits per heavy atom. The molecule has 0 bridgehead atoms. The second-order valence-corrected chi connectivity index (χ2v) is 4.52. The van der Waals surface area contributed by atoms with Crippen LogP contribution in [0.15, 0.2) is 28.6 Å². The molecule has 17 heavy (non-hydrogen) atoms. The first-order chi connectivity index (χ1) is 8.17. The molecule has 0 aliphatic heterocycles. The van der Waals surface area contributed by atoms with Crippen LogP contribution in [0.5, 0.6) is 0 Å². The zero-order chi connectivity index (χ0) is 12.3. The van der Waals surface area contributed by atoms with Crippen LogP contribution in [0.25, 0.3) is 0 Å². The van der Waals surface area contributed by atoms with Gasteiger partial charge in [0.2, 0.25) is 0 Å². The summed E-state index contributed by atoms with van der Waals surface area (Å²) in [5, 5.41) is 4.53. The highest BCUT2D eigenvalue weighted by atomic mass is 32.2. The fraction of sp³-hybridized carbons (Fsp3) is 0.273. The van der Waals surface area contributed by atoms with E-state index in [2.05, 4.69) is 25.3 Å². The maximum Gasteiger partial charge on any atom is 0.193 e. The minimum absolute atomic E-state index is 0.691. The number of nitrogens with one attached hydrogen (secondary N) is 1. The Hall–Kier alpha value is -1.69. The molecule has 0 aromatic carbocycles. The van der Waals surface area contributed by atoms with Gasteiger partial charge in [-0.15, -0.1) is 0 Å². The zero-order valence-electron chi connectivity index (χ0n) is 9.93. The Kier molecular flexibility index (Phi) is 3.53. The Morgan fingerprint density at radius 1 is 1.12 bits per heavy atom. The van der Waals surface area contributed by atoms with E-state index in [0.717, 1.165) is 22.2 Å². The number of hydrogen-bond donors (Lipinski definition) is 1. The summed E-state index contributed by atoms with van der Waals surface area (Å²) in [5.74, 6) is 1.53. The van der Waals surface area contributed by atoms with Gasteiger partial charge in [0.25, 0.3) is 0 Å². The summed E-state index contributed by atoms with van der Waals surface area (Å²) in [5.41, 5.74) is 1.05. The normalized spacial score (nSPS) is 10.3. The van der Waals surface area contributed by atoms with Crippen molar-refractivity contribution in [3.8, 4) is 0 Å². The van der Waals surface area contributed by atoms with Crippen molar-refractivity contribution in [2.45, 2.75) is 24.0 Å². The van der Waals surface area contributed by atoms with E-state index in [4.69, 9.17) is 0 Å². The summed E-state index contributed by atoms with van der Waals surface area (Å²) in [7, 11) is 1.83. The SMILES string of the molecule is CNc1cc(Sc2ncc(C)cn2)nc(C)n1. The Balaban J connectivity index is 2.23. The number of rotatable bonds is 3. The predicted molar refractivity (Wildman–Crippen MR) is 67.2 cm³/mol. The molecule has 1 N–H and O–H groups in total. The quantitative estimate of drug-likeness (QED) is 0.661. The molecule has 0 atom stereocenters. The third-order valence-electron chi connectivity index (χ3n) is 2.02. The number of anilines is 1. The number of nitrogens with zero attached hydrogens (tertiary/aromatic N) is 4. The summed E-state index contributed by atoms with van der Waals surface area (Å²) >= 11 is 1.43. The van der Waals surface area contributed by atoms with Crippen LogP contribution in [0.1, 0.15) is 11.4 Å². The van der Waals surface area contributed by atoms with Gasteiger partial charge in [-0.25, -0.2) is 19.9 Å². The van der Waals surface area contributed by atoms with E-state index >= 15 is 0 Å². The third kappa shape index (κ3) is 3.13. The summed E-state index contributed by atoms with van der Waals surface area (Å²) < 4.78 is 0. The van der Waals surface area contributed by atoms with Gasteiger partial charge in [-0.2, -0.15) is 0 Å². The summed E-state index contributed by atoms with van der Waals surface area (Å²) in [4.78, 5) is 17.0. The second-order valence-electron chi connectivity index (χ2n) is 3.53. The molecule has 0 saturated heterocycles. The van der Waals surface area contributed by atoms with Crippen LogP contribution in [-0.4, -0.2) is 27.0 Å². The van der Waals surface area contributed by atoms with Crippen LogP contribution in [0, 0.1) is 13.8 Å². The monoisotopic (exact) mass is 247 g/mol. The van der Waals surface area contributed by atoms with Gasteiger partial charge in [-0.3, -0.25) is 0 Å². The highest BCUT2D eigenvalue weighted by molar-refractivity contribution is 7.99. The molecule has 0 fully saturated rings. The van der Waals surface area contributed by atoms with Gasteiger partial charge in [0.05, 0.1) is 0 Å². The van der Waals surface area contributed by atoms with Crippen LogP contribution in [0.2, 0.25) is 0 Å². The molecule has 6 heteroatoms. The largest absolute Gasteiger partial charge is 0.373 e. The van der Waals surface area contributed by atoms with Crippen molar-refractivity contribution < 1.29 is 0 Å². The standard InChI is InChI=1S/C11H13N5S/c1-7-5-13-11(14-6-7)17-10-4-9(12-3)15-8(2)16-10/h4-6H,1-3H3,(H,12,15,16). The Morgan fingerprint density at radius 3 is 2.47 bits per heavy atom. The Labute approximate surface area is 104 Å². The summed E-state index contributed by atoms with van der Waals surface area (Å²) in [6, 6.07) is 1.88. The Bertz CT molecular complexity index is 512. The van der Waals surface area contributed by atoms with Gasteiger partial charge in [-0.1, -0.05) is 0 Å². The van der Waals surface area contributed by atoms with Crippen molar-refractivity contribution in [3.05, 3.63) is 29.8 Å². The lowest BCUT2D eigenvalue weighted by Crippen LogP contribution is -1.98. The van der Waals surface area contributed by atoms with Crippen LogP contribution in [0.3, 0.4) is 0 Å². The average molecular weight is 247 g/mol. The molecular formula is C11H13N5S. The molecular weight excluding hydrogens is 234 g/mol.